The minimum Gasteiger partial charge on any atom is -0.387 e. The van der Waals surface area contributed by atoms with E-state index in [1.54, 1.807) is 24.5 Å². The Balaban J connectivity index is 1.51. The molecule has 2 aromatic heterocycles. The van der Waals surface area contributed by atoms with E-state index < -0.39 is 0 Å². The normalized spacial score (nSPS) is 13.6. The average molecular weight is 438 g/mol. The lowest BCUT2D eigenvalue weighted by molar-refractivity contribution is 0.0303. The molecule has 8 nitrogen and oxygen atoms in total. The molecule has 0 atom stereocenters. The number of nitriles is 1. The van der Waals surface area contributed by atoms with Crippen molar-refractivity contribution in [1.29, 1.82) is 5.26 Å². The Morgan fingerprint density at radius 3 is 2.48 bits per heavy atom. The molecule has 33 heavy (non-hydrogen) atoms. The van der Waals surface area contributed by atoms with Gasteiger partial charge in [0, 0.05) is 49.3 Å². The Labute approximate surface area is 191 Å². The number of fused-ring (bicyclic) bond motifs is 1. The number of morpholine rings is 1. The van der Waals surface area contributed by atoms with E-state index >= 15 is 0 Å². The number of nitrogens with one attached hydrogen (secondary N) is 1. The lowest BCUT2D eigenvalue weighted by atomic mass is 10.0. The van der Waals surface area contributed by atoms with Crippen LogP contribution in [-0.4, -0.2) is 58.5 Å². The van der Waals surface area contributed by atoms with Gasteiger partial charge in [-0.25, -0.2) is 9.97 Å². The molecule has 4 aromatic rings. The predicted molar refractivity (Wildman–Crippen MR) is 125 cm³/mol. The van der Waals surface area contributed by atoms with E-state index in [9.17, 15) is 4.79 Å². The Morgan fingerprint density at radius 2 is 1.76 bits per heavy atom. The molecule has 164 valence electrons. The van der Waals surface area contributed by atoms with E-state index in [1.165, 1.54) is 0 Å². The number of ether oxygens (including phenoxy) is 1. The maximum absolute atomic E-state index is 13.0. The number of hydrogen-bond donors (Lipinski definition) is 1. The van der Waals surface area contributed by atoms with E-state index in [0.717, 1.165) is 28.1 Å². The lowest BCUT2D eigenvalue weighted by Gasteiger charge is -2.27. The fourth-order valence-corrected chi connectivity index (χ4v) is 4.01. The standard InChI is InChI=1S/C25H22N6O2/c1-27-22-12-19(6-7-21(22)24(32)30-8-10-33-11-9-30)20-14-28-25-29-15-23(31(25)16-20)18-4-2-17(13-26)3-5-18/h2-7,12,14-16,27H,8-11H2,1H3. The van der Waals surface area contributed by atoms with Crippen LogP contribution in [0.1, 0.15) is 15.9 Å². The monoisotopic (exact) mass is 438 g/mol. The molecule has 1 fully saturated rings. The quantitative estimate of drug-likeness (QED) is 0.524. The van der Waals surface area contributed by atoms with Crippen LogP contribution in [-0.2, 0) is 4.74 Å². The fourth-order valence-electron chi connectivity index (χ4n) is 4.01. The topological polar surface area (TPSA) is 95.6 Å². The molecule has 0 bridgehead atoms. The van der Waals surface area contributed by atoms with Crippen molar-refractivity contribution in [3.63, 3.8) is 0 Å². The third kappa shape index (κ3) is 3.90. The van der Waals surface area contributed by atoms with Crippen molar-refractivity contribution >= 4 is 17.4 Å². The molecular weight excluding hydrogens is 416 g/mol. The number of amides is 1. The molecule has 0 aliphatic carbocycles. The van der Waals surface area contributed by atoms with Gasteiger partial charge in [-0.3, -0.25) is 9.20 Å². The number of hydrogen-bond acceptors (Lipinski definition) is 6. The molecule has 1 amide bonds. The number of anilines is 1. The third-order valence-electron chi connectivity index (χ3n) is 5.83. The zero-order chi connectivity index (χ0) is 22.8. The van der Waals surface area contributed by atoms with E-state index in [0.29, 0.717) is 43.2 Å². The summed E-state index contributed by atoms with van der Waals surface area (Å²) in [6.07, 6.45) is 5.54. The molecule has 1 saturated heterocycles. The molecule has 0 radical (unpaired) electrons. The molecule has 8 heteroatoms. The number of aromatic nitrogens is 3. The van der Waals surface area contributed by atoms with Crippen LogP contribution in [0.3, 0.4) is 0 Å². The van der Waals surface area contributed by atoms with Gasteiger partial charge < -0.3 is 15.0 Å². The summed E-state index contributed by atoms with van der Waals surface area (Å²) in [6, 6.07) is 15.3. The van der Waals surface area contributed by atoms with Gasteiger partial charge in [-0.2, -0.15) is 5.26 Å². The summed E-state index contributed by atoms with van der Waals surface area (Å²) >= 11 is 0. The molecule has 1 N–H and O–H groups in total. The van der Waals surface area contributed by atoms with Gasteiger partial charge in [0.05, 0.1) is 42.3 Å². The molecule has 1 aliphatic rings. The van der Waals surface area contributed by atoms with Crippen LogP contribution < -0.4 is 5.32 Å². The summed E-state index contributed by atoms with van der Waals surface area (Å²) in [5.41, 5.74) is 5.68. The first kappa shape index (κ1) is 20.7. The largest absolute Gasteiger partial charge is 0.387 e. The molecule has 5 rings (SSSR count). The van der Waals surface area contributed by atoms with Crippen LogP contribution in [0.2, 0.25) is 0 Å². The molecule has 1 aliphatic heterocycles. The van der Waals surface area contributed by atoms with Gasteiger partial charge in [0.2, 0.25) is 5.78 Å². The minimum absolute atomic E-state index is 0.000453. The zero-order valence-electron chi connectivity index (χ0n) is 18.2. The van der Waals surface area contributed by atoms with Gasteiger partial charge in [-0.05, 0) is 29.8 Å². The second-order valence-electron chi connectivity index (χ2n) is 7.76. The summed E-state index contributed by atoms with van der Waals surface area (Å²) in [4.78, 5) is 23.7. The van der Waals surface area contributed by atoms with Crippen molar-refractivity contribution in [3.8, 4) is 28.5 Å². The highest BCUT2D eigenvalue weighted by Gasteiger charge is 2.21. The van der Waals surface area contributed by atoms with Gasteiger partial charge in [0.15, 0.2) is 0 Å². The second kappa shape index (κ2) is 8.73. The zero-order valence-corrected chi connectivity index (χ0v) is 18.2. The number of benzene rings is 2. The van der Waals surface area contributed by atoms with Crippen LogP contribution in [0.15, 0.2) is 61.1 Å². The average Bonchev–Trinajstić information content (AvgIpc) is 3.31. The van der Waals surface area contributed by atoms with Gasteiger partial charge in [-0.15, -0.1) is 0 Å². The fraction of sp³-hybridized carbons (Fsp3) is 0.200. The Morgan fingerprint density at radius 1 is 1.03 bits per heavy atom. The van der Waals surface area contributed by atoms with E-state index in [-0.39, 0.29) is 5.91 Å². The van der Waals surface area contributed by atoms with Gasteiger partial charge >= 0.3 is 0 Å². The van der Waals surface area contributed by atoms with Crippen molar-refractivity contribution in [3.05, 3.63) is 72.2 Å². The van der Waals surface area contributed by atoms with Crippen LogP contribution in [0.4, 0.5) is 5.69 Å². The molecule has 0 saturated carbocycles. The molecule has 0 spiro atoms. The molecule has 3 heterocycles. The van der Waals surface area contributed by atoms with Crippen LogP contribution in [0.25, 0.3) is 28.2 Å². The first-order valence-electron chi connectivity index (χ1n) is 10.7. The Bertz CT molecular complexity index is 1360. The van der Waals surface area contributed by atoms with E-state index in [4.69, 9.17) is 10.00 Å². The Hall–Kier alpha value is -4.22. The Kier molecular flexibility index (Phi) is 5.47. The van der Waals surface area contributed by atoms with Crippen molar-refractivity contribution in [2.24, 2.45) is 0 Å². The van der Waals surface area contributed by atoms with Crippen molar-refractivity contribution in [1.82, 2.24) is 19.3 Å². The minimum atomic E-state index is 0.000453. The first-order chi connectivity index (χ1) is 16.2. The predicted octanol–water partition coefficient (Wildman–Crippen LogP) is 3.45. The number of nitrogens with zero attached hydrogens (tertiary/aromatic N) is 5. The summed E-state index contributed by atoms with van der Waals surface area (Å²) in [5.74, 6) is 0.589. The van der Waals surface area contributed by atoms with Gasteiger partial charge in [0.25, 0.3) is 5.91 Å². The lowest BCUT2D eigenvalue weighted by Crippen LogP contribution is -2.40. The van der Waals surface area contributed by atoms with Gasteiger partial charge in [0.1, 0.15) is 0 Å². The third-order valence-corrected chi connectivity index (χ3v) is 5.83. The molecule has 0 unspecified atom stereocenters. The summed E-state index contributed by atoms with van der Waals surface area (Å²) in [5, 5.41) is 12.2. The van der Waals surface area contributed by atoms with E-state index in [1.807, 2.05) is 52.9 Å². The highest BCUT2D eigenvalue weighted by molar-refractivity contribution is 6.00. The molecule has 2 aromatic carbocycles. The maximum atomic E-state index is 13.0. The van der Waals surface area contributed by atoms with Crippen LogP contribution in [0.5, 0.6) is 0 Å². The number of imidazole rings is 1. The summed E-state index contributed by atoms with van der Waals surface area (Å²) < 4.78 is 7.30. The SMILES string of the molecule is CNc1cc(-c2cnc3ncc(-c4ccc(C#N)cc4)n3c2)ccc1C(=O)N1CCOCC1. The smallest absolute Gasteiger partial charge is 0.256 e. The highest BCUT2D eigenvalue weighted by atomic mass is 16.5. The van der Waals surface area contributed by atoms with Crippen molar-refractivity contribution in [2.75, 3.05) is 38.7 Å². The highest BCUT2D eigenvalue weighted by Crippen LogP contribution is 2.28. The number of carbonyl (C=O) groups is 1. The molecular formula is C25H22N6O2. The first-order valence-corrected chi connectivity index (χ1v) is 10.7. The van der Waals surface area contributed by atoms with Gasteiger partial charge in [-0.1, -0.05) is 18.2 Å². The van der Waals surface area contributed by atoms with Crippen LogP contribution >= 0.6 is 0 Å². The van der Waals surface area contributed by atoms with Crippen LogP contribution in [0, 0.1) is 11.3 Å². The second-order valence-corrected chi connectivity index (χ2v) is 7.76. The maximum Gasteiger partial charge on any atom is 0.256 e. The number of carbonyl (C=O) groups excluding carboxylic acids is 1. The van der Waals surface area contributed by atoms with Crippen molar-refractivity contribution in [2.45, 2.75) is 0 Å². The van der Waals surface area contributed by atoms with E-state index in [2.05, 4.69) is 21.4 Å². The number of rotatable bonds is 4. The van der Waals surface area contributed by atoms with Crippen molar-refractivity contribution < 1.29 is 9.53 Å². The summed E-state index contributed by atoms with van der Waals surface area (Å²) in [7, 11) is 1.82. The summed E-state index contributed by atoms with van der Waals surface area (Å²) in [6.45, 7) is 2.33.